The summed E-state index contributed by atoms with van der Waals surface area (Å²) in [5.74, 6) is 0.847. The summed E-state index contributed by atoms with van der Waals surface area (Å²) in [6, 6.07) is 10.5. The summed E-state index contributed by atoms with van der Waals surface area (Å²) in [5, 5.41) is 5.01. The lowest BCUT2D eigenvalue weighted by Gasteiger charge is -2.35. The Morgan fingerprint density at radius 2 is 2.09 bits per heavy atom. The fraction of sp³-hybridized carbons (Fsp3) is 0.353. The molecule has 5 nitrogen and oxygen atoms in total. The van der Waals surface area contributed by atoms with E-state index in [0.29, 0.717) is 5.01 Å². The molecule has 0 unspecified atom stereocenters. The zero-order valence-corrected chi connectivity index (χ0v) is 13.8. The number of rotatable bonds is 2. The van der Waals surface area contributed by atoms with Gasteiger partial charge in [0.15, 0.2) is 0 Å². The third-order valence-electron chi connectivity index (χ3n) is 4.40. The van der Waals surface area contributed by atoms with Gasteiger partial charge in [0.2, 0.25) is 5.01 Å². The van der Waals surface area contributed by atoms with Crippen LogP contribution in [0.2, 0.25) is 0 Å². The van der Waals surface area contributed by atoms with Crippen LogP contribution in [-0.2, 0) is 0 Å². The summed E-state index contributed by atoms with van der Waals surface area (Å²) in [7, 11) is 0. The molecule has 1 atom stereocenters. The van der Waals surface area contributed by atoms with Gasteiger partial charge in [-0.05, 0) is 31.7 Å². The maximum absolute atomic E-state index is 13.0. The second-order valence-electron chi connectivity index (χ2n) is 5.88. The number of hydrogen-bond acceptors (Lipinski definition) is 4. The van der Waals surface area contributed by atoms with E-state index in [1.807, 2.05) is 30.0 Å². The van der Waals surface area contributed by atoms with Crippen molar-refractivity contribution in [3.8, 4) is 0 Å². The molecule has 0 spiro atoms. The van der Waals surface area contributed by atoms with Gasteiger partial charge in [-0.15, -0.1) is 5.10 Å². The van der Waals surface area contributed by atoms with E-state index in [2.05, 4.69) is 22.2 Å². The highest BCUT2D eigenvalue weighted by atomic mass is 32.1. The van der Waals surface area contributed by atoms with Crippen LogP contribution in [0.3, 0.4) is 0 Å². The quantitative estimate of drug-likeness (QED) is 0.724. The standard InChI is InChI=1S/C17H18N4OS/c1-12-18-11-15-21(12)19-16(23-15)17(22)20-10-6-5-9-14(20)13-7-3-2-4-8-13/h2-4,7-8,11,14H,5-6,9-10H2,1H3/t14-/m0/s1. The van der Waals surface area contributed by atoms with Crippen molar-refractivity contribution in [1.82, 2.24) is 19.5 Å². The zero-order valence-electron chi connectivity index (χ0n) is 13.0. The van der Waals surface area contributed by atoms with Crippen LogP contribution in [0.5, 0.6) is 0 Å². The monoisotopic (exact) mass is 326 g/mol. The fourth-order valence-corrected chi connectivity index (χ4v) is 4.11. The molecule has 1 aliphatic heterocycles. The molecule has 1 fully saturated rings. The third kappa shape index (κ3) is 2.53. The van der Waals surface area contributed by atoms with Gasteiger partial charge in [-0.1, -0.05) is 41.7 Å². The van der Waals surface area contributed by atoms with Crippen molar-refractivity contribution < 1.29 is 4.79 Å². The molecule has 2 aromatic heterocycles. The third-order valence-corrected chi connectivity index (χ3v) is 5.34. The number of aryl methyl sites for hydroxylation is 1. The van der Waals surface area contributed by atoms with Crippen LogP contribution in [0, 0.1) is 6.92 Å². The lowest BCUT2D eigenvalue weighted by Crippen LogP contribution is -2.38. The largest absolute Gasteiger partial charge is 0.329 e. The summed E-state index contributed by atoms with van der Waals surface area (Å²) in [4.78, 5) is 20.1. The number of fused-ring (bicyclic) bond motifs is 1. The van der Waals surface area contributed by atoms with E-state index in [0.717, 1.165) is 36.5 Å². The lowest BCUT2D eigenvalue weighted by atomic mass is 9.95. The van der Waals surface area contributed by atoms with Crippen molar-refractivity contribution in [1.29, 1.82) is 0 Å². The normalized spacial score (nSPS) is 18.5. The average Bonchev–Trinajstić information content (AvgIpc) is 3.17. The smallest absolute Gasteiger partial charge is 0.285 e. The van der Waals surface area contributed by atoms with E-state index in [1.54, 1.807) is 10.7 Å². The Labute approximate surface area is 138 Å². The lowest BCUT2D eigenvalue weighted by molar-refractivity contribution is 0.0610. The number of imidazole rings is 1. The molecule has 23 heavy (non-hydrogen) atoms. The molecule has 3 aromatic rings. The summed E-state index contributed by atoms with van der Waals surface area (Å²) in [5.41, 5.74) is 1.21. The first-order valence-corrected chi connectivity index (χ1v) is 8.73. The minimum atomic E-state index is 0.0339. The van der Waals surface area contributed by atoms with Crippen molar-refractivity contribution >= 4 is 22.1 Å². The van der Waals surface area contributed by atoms with E-state index in [4.69, 9.17) is 0 Å². The van der Waals surface area contributed by atoms with E-state index >= 15 is 0 Å². The molecular formula is C17H18N4OS. The van der Waals surface area contributed by atoms with Gasteiger partial charge in [-0.2, -0.15) is 0 Å². The molecule has 1 saturated heterocycles. The number of carbonyl (C=O) groups excluding carboxylic acids is 1. The fourth-order valence-electron chi connectivity index (χ4n) is 3.22. The molecule has 0 N–H and O–H groups in total. The SMILES string of the molecule is Cc1ncc2sc(C(=O)N3CCCC[C@H]3c3ccccc3)nn12. The minimum absolute atomic E-state index is 0.0339. The molecule has 1 aromatic carbocycles. The first kappa shape index (κ1) is 14.4. The van der Waals surface area contributed by atoms with E-state index in [-0.39, 0.29) is 11.9 Å². The van der Waals surface area contributed by atoms with E-state index in [1.165, 1.54) is 16.9 Å². The first-order valence-electron chi connectivity index (χ1n) is 7.91. The van der Waals surface area contributed by atoms with E-state index in [9.17, 15) is 4.79 Å². The van der Waals surface area contributed by atoms with Gasteiger partial charge in [0.1, 0.15) is 10.7 Å². The van der Waals surface area contributed by atoms with Crippen LogP contribution in [0.15, 0.2) is 36.5 Å². The van der Waals surface area contributed by atoms with Crippen molar-refractivity contribution in [2.24, 2.45) is 0 Å². The molecule has 1 amide bonds. The Kier molecular flexibility index (Phi) is 3.61. The Bertz CT molecular complexity index is 839. The Morgan fingerprint density at radius 3 is 2.87 bits per heavy atom. The number of likely N-dealkylation sites (tertiary alicyclic amines) is 1. The molecule has 0 radical (unpaired) electrons. The Hall–Kier alpha value is -2.21. The molecule has 3 heterocycles. The Balaban J connectivity index is 1.67. The summed E-state index contributed by atoms with van der Waals surface area (Å²) < 4.78 is 1.75. The van der Waals surface area contributed by atoms with Gasteiger partial charge in [0.25, 0.3) is 5.91 Å². The number of piperidine rings is 1. The van der Waals surface area contributed by atoms with Gasteiger partial charge < -0.3 is 4.90 Å². The Morgan fingerprint density at radius 1 is 1.26 bits per heavy atom. The molecule has 0 bridgehead atoms. The number of nitrogens with zero attached hydrogens (tertiary/aromatic N) is 4. The minimum Gasteiger partial charge on any atom is -0.329 e. The van der Waals surface area contributed by atoms with E-state index < -0.39 is 0 Å². The van der Waals surface area contributed by atoms with Crippen molar-refractivity contribution in [3.05, 3.63) is 52.9 Å². The molecular weight excluding hydrogens is 308 g/mol. The molecule has 0 saturated carbocycles. The van der Waals surface area contributed by atoms with Gasteiger partial charge in [0, 0.05) is 6.54 Å². The highest BCUT2D eigenvalue weighted by molar-refractivity contribution is 7.18. The number of carbonyl (C=O) groups is 1. The topological polar surface area (TPSA) is 50.5 Å². The second kappa shape index (κ2) is 5.77. The maximum Gasteiger partial charge on any atom is 0.285 e. The number of hydrogen-bond donors (Lipinski definition) is 0. The van der Waals surface area contributed by atoms with Crippen LogP contribution in [0.1, 0.15) is 46.5 Å². The number of amides is 1. The average molecular weight is 326 g/mol. The zero-order chi connectivity index (χ0) is 15.8. The molecule has 6 heteroatoms. The van der Waals surface area contributed by atoms with Crippen LogP contribution < -0.4 is 0 Å². The van der Waals surface area contributed by atoms with Crippen LogP contribution in [0.25, 0.3) is 4.83 Å². The van der Waals surface area contributed by atoms with Crippen molar-refractivity contribution in [3.63, 3.8) is 0 Å². The summed E-state index contributed by atoms with van der Waals surface area (Å²) in [6.07, 6.45) is 5.00. The molecule has 118 valence electrons. The predicted octanol–water partition coefficient (Wildman–Crippen LogP) is 3.47. The van der Waals surface area contributed by atoms with Crippen LogP contribution >= 0.6 is 11.3 Å². The van der Waals surface area contributed by atoms with Gasteiger partial charge in [0.05, 0.1) is 12.2 Å². The van der Waals surface area contributed by atoms with Crippen LogP contribution in [0.4, 0.5) is 0 Å². The van der Waals surface area contributed by atoms with Gasteiger partial charge >= 0.3 is 0 Å². The first-order chi connectivity index (χ1) is 11.2. The van der Waals surface area contributed by atoms with Crippen LogP contribution in [-0.4, -0.2) is 31.9 Å². The van der Waals surface area contributed by atoms with Gasteiger partial charge in [-0.25, -0.2) is 9.50 Å². The highest BCUT2D eigenvalue weighted by Crippen LogP contribution is 2.32. The molecule has 0 aliphatic carbocycles. The highest BCUT2D eigenvalue weighted by Gasteiger charge is 2.30. The maximum atomic E-state index is 13.0. The molecule has 4 rings (SSSR count). The second-order valence-corrected chi connectivity index (χ2v) is 6.89. The van der Waals surface area contributed by atoms with Crippen molar-refractivity contribution in [2.75, 3.05) is 6.54 Å². The summed E-state index contributed by atoms with van der Waals surface area (Å²) >= 11 is 1.42. The number of benzene rings is 1. The van der Waals surface area contributed by atoms with Gasteiger partial charge in [-0.3, -0.25) is 4.79 Å². The molecule has 1 aliphatic rings. The predicted molar refractivity (Wildman–Crippen MR) is 89.7 cm³/mol. The number of aromatic nitrogens is 3. The van der Waals surface area contributed by atoms with Crippen molar-refractivity contribution in [2.45, 2.75) is 32.2 Å². The summed E-state index contributed by atoms with van der Waals surface area (Å²) in [6.45, 7) is 2.69.